The molecule has 4 nitrogen and oxygen atoms in total. The van der Waals surface area contributed by atoms with Crippen molar-refractivity contribution >= 4 is 11.8 Å². The van der Waals surface area contributed by atoms with Crippen LogP contribution < -0.4 is 0 Å². The van der Waals surface area contributed by atoms with Gasteiger partial charge in [0.15, 0.2) is 5.78 Å². The highest BCUT2D eigenvalue weighted by atomic mass is 16.5. The molecule has 1 atom stereocenters. The molecule has 0 N–H and O–H groups in total. The van der Waals surface area contributed by atoms with Crippen molar-refractivity contribution in [1.82, 2.24) is 4.90 Å². The lowest BCUT2D eigenvalue weighted by Crippen LogP contribution is -2.37. The van der Waals surface area contributed by atoms with Crippen molar-refractivity contribution in [2.75, 3.05) is 21.2 Å². The largest absolute Gasteiger partial charge is 0.465 e. The maximum absolute atomic E-state index is 12.7. The summed E-state index contributed by atoms with van der Waals surface area (Å²) >= 11 is 0. The van der Waals surface area contributed by atoms with Crippen LogP contribution in [0.25, 0.3) is 0 Å². The Balaban J connectivity index is 2.17. The Bertz CT molecular complexity index is 663. The van der Waals surface area contributed by atoms with E-state index < -0.39 is 0 Å². The first-order chi connectivity index (χ1) is 11.0. The van der Waals surface area contributed by atoms with Crippen LogP contribution in [-0.4, -0.2) is 43.9 Å². The third-order valence-corrected chi connectivity index (χ3v) is 3.79. The van der Waals surface area contributed by atoms with Crippen LogP contribution in [0, 0.1) is 0 Å². The van der Waals surface area contributed by atoms with Gasteiger partial charge in [-0.1, -0.05) is 42.5 Å². The number of Topliss-reactive ketones (excluding diaryl/α,β-unsaturated/α-hetero) is 1. The van der Waals surface area contributed by atoms with E-state index in [9.17, 15) is 9.59 Å². The zero-order valence-electron chi connectivity index (χ0n) is 13.7. The molecule has 0 fully saturated rings. The normalized spacial score (nSPS) is 12.0. The summed E-state index contributed by atoms with van der Waals surface area (Å²) in [7, 11) is 5.15. The molecule has 0 aromatic heterocycles. The van der Waals surface area contributed by atoms with E-state index in [-0.39, 0.29) is 17.8 Å². The predicted molar refractivity (Wildman–Crippen MR) is 89.7 cm³/mol. The van der Waals surface area contributed by atoms with E-state index in [1.54, 1.807) is 12.1 Å². The minimum absolute atomic E-state index is 0.0904. The third kappa shape index (κ3) is 4.27. The number of methoxy groups -OCH3 is 1. The molecule has 2 aromatic rings. The molecule has 0 amide bonds. The van der Waals surface area contributed by atoms with Gasteiger partial charge in [-0.05, 0) is 38.2 Å². The minimum atomic E-state index is -0.360. The molecule has 23 heavy (non-hydrogen) atoms. The van der Waals surface area contributed by atoms with Gasteiger partial charge in [-0.3, -0.25) is 9.69 Å². The second-order valence-corrected chi connectivity index (χ2v) is 5.60. The van der Waals surface area contributed by atoms with E-state index in [0.717, 1.165) is 5.56 Å². The number of nitrogens with zero attached hydrogens (tertiary/aromatic N) is 1. The summed E-state index contributed by atoms with van der Waals surface area (Å²) in [4.78, 5) is 26.1. The summed E-state index contributed by atoms with van der Waals surface area (Å²) < 4.78 is 4.69. The highest BCUT2D eigenvalue weighted by molar-refractivity contribution is 6.00. The van der Waals surface area contributed by atoms with E-state index in [1.165, 1.54) is 7.11 Å². The van der Waals surface area contributed by atoms with Crippen molar-refractivity contribution in [2.24, 2.45) is 0 Å². The number of hydrogen-bond acceptors (Lipinski definition) is 4. The van der Waals surface area contributed by atoms with Gasteiger partial charge in [0.05, 0.1) is 18.7 Å². The lowest BCUT2D eigenvalue weighted by atomic mass is 9.96. The van der Waals surface area contributed by atoms with Crippen molar-refractivity contribution < 1.29 is 14.3 Å². The molecule has 0 aliphatic rings. The molecule has 120 valence electrons. The smallest absolute Gasteiger partial charge is 0.337 e. The van der Waals surface area contributed by atoms with Gasteiger partial charge in [0.1, 0.15) is 0 Å². The monoisotopic (exact) mass is 311 g/mol. The van der Waals surface area contributed by atoms with E-state index >= 15 is 0 Å². The van der Waals surface area contributed by atoms with Crippen LogP contribution in [0.15, 0.2) is 54.6 Å². The molecule has 2 rings (SSSR count). The maximum atomic E-state index is 12.7. The van der Waals surface area contributed by atoms with Crippen LogP contribution in [0.2, 0.25) is 0 Å². The molecule has 0 aliphatic heterocycles. The number of hydrogen-bond donors (Lipinski definition) is 0. The fourth-order valence-electron chi connectivity index (χ4n) is 2.42. The first-order valence-electron chi connectivity index (χ1n) is 7.46. The summed E-state index contributed by atoms with van der Waals surface area (Å²) in [6, 6.07) is 16.2. The first kappa shape index (κ1) is 16.9. The molecule has 0 radical (unpaired) electrons. The molecule has 0 aliphatic carbocycles. The number of ether oxygens (including phenoxy) is 1. The summed E-state index contributed by atoms with van der Waals surface area (Å²) in [5.41, 5.74) is 2.21. The second-order valence-electron chi connectivity index (χ2n) is 5.60. The molecule has 0 saturated heterocycles. The van der Waals surface area contributed by atoms with Gasteiger partial charge >= 0.3 is 5.97 Å². The lowest BCUT2D eigenvalue weighted by Gasteiger charge is -2.23. The van der Waals surface area contributed by atoms with Crippen molar-refractivity contribution in [1.29, 1.82) is 0 Å². The van der Waals surface area contributed by atoms with Gasteiger partial charge < -0.3 is 4.74 Å². The zero-order valence-corrected chi connectivity index (χ0v) is 13.7. The Hall–Kier alpha value is -2.46. The van der Waals surface area contributed by atoms with Crippen LogP contribution in [0.1, 0.15) is 26.3 Å². The van der Waals surface area contributed by atoms with E-state index in [4.69, 9.17) is 4.74 Å². The van der Waals surface area contributed by atoms with E-state index in [0.29, 0.717) is 17.5 Å². The van der Waals surface area contributed by atoms with Crippen LogP contribution in [0.3, 0.4) is 0 Å². The van der Waals surface area contributed by atoms with Crippen molar-refractivity contribution in [3.63, 3.8) is 0 Å². The van der Waals surface area contributed by atoms with Gasteiger partial charge in [0, 0.05) is 5.56 Å². The van der Waals surface area contributed by atoms with Gasteiger partial charge in [-0.25, -0.2) is 4.79 Å². The van der Waals surface area contributed by atoms with Gasteiger partial charge in [-0.2, -0.15) is 0 Å². The number of carbonyl (C=O) groups excluding carboxylic acids is 2. The molecule has 0 unspecified atom stereocenters. The Morgan fingerprint density at radius 3 is 2.09 bits per heavy atom. The fraction of sp³-hybridized carbons (Fsp3) is 0.263. The quantitative estimate of drug-likeness (QED) is 0.608. The van der Waals surface area contributed by atoms with Gasteiger partial charge in [0.25, 0.3) is 0 Å². The number of carbonyl (C=O) groups is 2. The SMILES string of the molecule is COC(=O)c1ccc(C[C@@H](C(=O)c2ccccc2)N(C)C)cc1. The fourth-order valence-corrected chi connectivity index (χ4v) is 2.42. The highest BCUT2D eigenvalue weighted by Gasteiger charge is 2.22. The standard InChI is InChI=1S/C19H21NO3/c1-20(2)17(18(21)15-7-5-4-6-8-15)13-14-9-11-16(12-10-14)19(22)23-3/h4-12,17H,13H2,1-3H3/t17-/m0/s1. The number of esters is 1. The molecule has 2 aromatic carbocycles. The Morgan fingerprint density at radius 1 is 0.957 bits per heavy atom. The second kappa shape index (κ2) is 7.70. The predicted octanol–water partition coefficient (Wildman–Crippen LogP) is 2.83. The molecule has 0 saturated carbocycles. The molecular formula is C19H21NO3. The van der Waals surface area contributed by atoms with Crippen LogP contribution in [0.5, 0.6) is 0 Å². The Labute approximate surface area is 136 Å². The number of ketones is 1. The van der Waals surface area contributed by atoms with Crippen LogP contribution >= 0.6 is 0 Å². The molecule has 0 bridgehead atoms. The lowest BCUT2D eigenvalue weighted by molar-refractivity contribution is 0.0600. The van der Waals surface area contributed by atoms with Crippen molar-refractivity contribution in [3.8, 4) is 0 Å². The summed E-state index contributed by atoms with van der Waals surface area (Å²) in [5, 5.41) is 0. The summed E-state index contributed by atoms with van der Waals surface area (Å²) in [5.74, 6) is -0.270. The zero-order chi connectivity index (χ0) is 16.8. The highest BCUT2D eigenvalue weighted by Crippen LogP contribution is 2.14. The number of benzene rings is 2. The van der Waals surface area contributed by atoms with Gasteiger partial charge in [-0.15, -0.1) is 0 Å². The molecule has 4 heteroatoms. The summed E-state index contributed by atoms with van der Waals surface area (Å²) in [6.07, 6.45) is 0.585. The minimum Gasteiger partial charge on any atom is -0.465 e. The third-order valence-electron chi connectivity index (χ3n) is 3.79. The Morgan fingerprint density at radius 2 is 1.57 bits per heavy atom. The average molecular weight is 311 g/mol. The average Bonchev–Trinajstić information content (AvgIpc) is 2.59. The molecular weight excluding hydrogens is 290 g/mol. The Kier molecular flexibility index (Phi) is 5.66. The van der Waals surface area contributed by atoms with Crippen LogP contribution in [-0.2, 0) is 11.2 Å². The van der Waals surface area contributed by atoms with E-state index in [1.807, 2.05) is 61.5 Å². The number of rotatable bonds is 6. The topological polar surface area (TPSA) is 46.6 Å². The number of likely N-dealkylation sites (N-methyl/N-ethyl adjacent to an activating group) is 1. The maximum Gasteiger partial charge on any atom is 0.337 e. The van der Waals surface area contributed by atoms with E-state index in [2.05, 4.69) is 0 Å². The molecule has 0 spiro atoms. The molecule has 0 heterocycles. The van der Waals surface area contributed by atoms with Crippen LogP contribution in [0.4, 0.5) is 0 Å². The summed E-state index contributed by atoms with van der Waals surface area (Å²) in [6.45, 7) is 0. The van der Waals surface area contributed by atoms with Crippen molar-refractivity contribution in [3.05, 3.63) is 71.3 Å². The van der Waals surface area contributed by atoms with Crippen molar-refractivity contribution in [2.45, 2.75) is 12.5 Å². The first-order valence-corrected chi connectivity index (χ1v) is 7.46. The van der Waals surface area contributed by atoms with Gasteiger partial charge in [0.2, 0.25) is 0 Å².